The lowest BCUT2D eigenvalue weighted by atomic mass is 9.87. The van der Waals surface area contributed by atoms with E-state index < -0.39 is 11.6 Å². The number of ether oxygens (including phenoxy) is 3. The van der Waals surface area contributed by atoms with Crippen LogP contribution in [0.4, 0.5) is 4.39 Å². The number of hydrogen-bond donors (Lipinski definition) is 3. The SMILES string of the molecule is COc1c2c(cc3c1[C@H](c1c(O)n(Cc4ccc(F)cc4)c(=S)[nH]c1=O)[NH+](C)CC3)OCO2. The summed E-state index contributed by atoms with van der Waals surface area (Å²) in [6.45, 7) is 0.995. The van der Waals surface area contributed by atoms with Gasteiger partial charge in [-0.25, -0.2) is 4.39 Å². The van der Waals surface area contributed by atoms with Crippen LogP contribution in [0.1, 0.15) is 28.3 Å². The number of aromatic amines is 1. The predicted octanol–water partition coefficient (Wildman–Crippen LogP) is 1.70. The van der Waals surface area contributed by atoms with Crippen molar-refractivity contribution in [3.63, 3.8) is 0 Å². The standard InChI is InChI=1S/C23H22FN3O5S/c1-26-8-7-13-9-15-19(32-11-31-15)20(30-2)16(13)18(26)17-21(28)25-23(33)27(22(17)29)10-12-3-5-14(24)6-4-12/h3-6,9,18,29H,7-8,10-11H2,1-2H3,(H,25,28,33)/p+1/t18-/m1/s1. The van der Waals surface area contributed by atoms with E-state index in [4.69, 9.17) is 26.4 Å². The summed E-state index contributed by atoms with van der Waals surface area (Å²) in [5.74, 6) is 1.00. The minimum absolute atomic E-state index is 0.0805. The van der Waals surface area contributed by atoms with Gasteiger partial charge in [-0.3, -0.25) is 14.3 Å². The zero-order chi connectivity index (χ0) is 23.3. The molecule has 33 heavy (non-hydrogen) atoms. The van der Waals surface area contributed by atoms with Crippen molar-refractivity contribution in [1.82, 2.24) is 9.55 Å². The maximum Gasteiger partial charge on any atom is 0.265 e. The first-order chi connectivity index (χ1) is 15.9. The second-order valence-electron chi connectivity index (χ2n) is 8.20. The van der Waals surface area contributed by atoms with Crippen LogP contribution in [0.25, 0.3) is 0 Å². The summed E-state index contributed by atoms with van der Waals surface area (Å²) in [6, 6.07) is 7.28. The Morgan fingerprint density at radius 2 is 2.06 bits per heavy atom. The molecule has 3 N–H and O–H groups in total. The molecule has 0 bridgehead atoms. The maximum absolute atomic E-state index is 13.3. The molecule has 0 saturated heterocycles. The van der Waals surface area contributed by atoms with Crippen molar-refractivity contribution in [3.05, 3.63) is 73.5 Å². The third-order valence-electron chi connectivity index (χ3n) is 6.27. The van der Waals surface area contributed by atoms with E-state index in [-0.39, 0.29) is 35.4 Å². The van der Waals surface area contributed by atoms with E-state index in [1.807, 2.05) is 13.1 Å². The molecule has 10 heteroatoms. The van der Waals surface area contributed by atoms with Crippen molar-refractivity contribution in [3.8, 4) is 23.1 Å². The molecule has 0 aliphatic carbocycles. The number of aromatic hydroxyl groups is 1. The number of H-pyrrole nitrogens is 1. The molecule has 0 saturated carbocycles. The molecule has 2 aliphatic heterocycles. The van der Waals surface area contributed by atoms with Crippen LogP contribution in [0, 0.1) is 10.6 Å². The second kappa shape index (κ2) is 8.20. The Morgan fingerprint density at radius 3 is 2.79 bits per heavy atom. The summed E-state index contributed by atoms with van der Waals surface area (Å²) < 4.78 is 31.8. The highest BCUT2D eigenvalue weighted by atomic mass is 32.1. The first-order valence-electron chi connectivity index (χ1n) is 10.5. The summed E-state index contributed by atoms with van der Waals surface area (Å²) in [5.41, 5.74) is 2.19. The largest absolute Gasteiger partial charge is 0.494 e. The third-order valence-corrected chi connectivity index (χ3v) is 6.59. The topological polar surface area (TPSA) is 90.2 Å². The smallest absolute Gasteiger partial charge is 0.265 e. The van der Waals surface area contributed by atoms with Crippen LogP contribution in [0.2, 0.25) is 0 Å². The average molecular weight is 473 g/mol. The molecular formula is C23H23FN3O5S+. The molecule has 8 nitrogen and oxygen atoms in total. The van der Waals surface area contributed by atoms with Gasteiger partial charge >= 0.3 is 0 Å². The fraction of sp³-hybridized carbons (Fsp3) is 0.304. The van der Waals surface area contributed by atoms with E-state index in [0.29, 0.717) is 17.2 Å². The van der Waals surface area contributed by atoms with Gasteiger partial charge in [0.1, 0.15) is 11.4 Å². The minimum Gasteiger partial charge on any atom is -0.494 e. The van der Waals surface area contributed by atoms with Gasteiger partial charge in [0.05, 0.1) is 32.8 Å². The van der Waals surface area contributed by atoms with E-state index in [1.165, 1.54) is 16.7 Å². The molecule has 0 fully saturated rings. The van der Waals surface area contributed by atoms with Gasteiger partial charge in [-0.05, 0) is 41.5 Å². The average Bonchev–Trinajstić information content (AvgIpc) is 3.26. The Bertz CT molecular complexity index is 1350. The normalized spacial score (nSPS) is 18.8. The Morgan fingerprint density at radius 1 is 1.30 bits per heavy atom. The molecule has 0 spiro atoms. The molecule has 3 aromatic rings. The van der Waals surface area contributed by atoms with Gasteiger partial charge in [0.2, 0.25) is 18.4 Å². The number of fused-ring (bicyclic) bond motifs is 2. The first kappa shape index (κ1) is 21.5. The van der Waals surface area contributed by atoms with Crippen LogP contribution >= 0.6 is 12.2 Å². The lowest BCUT2D eigenvalue weighted by Gasteiger charge is -2.33. The maximum atomic E-state index is 13.3. The van der Waals surface area contributed by atoms with E-state index in [2.05, 4.69) is 4.98 Å². The molecular weight excluding hydrogens is 449 g/mol. The zero-order valence-corrected chi connectivity index (χ0v) is 18.9. The molecule has 3 heterocycles. The monoisotopic (exact) mass is 472 g/mol. The Balaban J connectivity index is 1.70. The fourth-order valence-corrected chi connectivity index (χ4v) is 4.91. The van der Waals surface area contributed by atoms with Gasteiger partial charge < -0.3 is 24.2 Å². The number of quaternary nitrogens is 1. The van der Waals surface area contributed by atoms with E-state index in [1.54, 1.807) is 19.2 Å². The summed E-state index contributed by atoms with van der Waals surface area (Å²) in [7, 11) is 3.51. The van der Waals surface area contributed by atoms with E-state index >= 15 is 0 Å². The van der Waals surface area contributed by atoms with Crippen LogP contribution in [-0.4, -0.2) is 42.2 Å². The van der Waals surface area contributed by atoms with Gasteiger partial charge in [-0.15, -0.1) is 0 Å². The van der Waals surface area contributed by atoms with Crippen LogP contribution in [0.15, 0.2) is 35.1 Å². The van der Waals surface area contributed by atoms with Crippen LogP contribution in [-0.2, 0) is 13.0 Å². The zero-order valence-electron chi connectivity index (χ0n) is 18.1. The first-order valence-corrected chi connectivity index (χ1v) is 10.9. The third kappa shape index (κ3) is 3.55. The minimum atomic E-state index is -0.531. The van der Waals surface area contributed by atoms with Crippen molar-refractivity contribution >= 4 is 12.2 Å². The van der Waals surface area contributed by atoms with E-state index in [9.17, 15) is 14.3 Å². The molecule has 0 radical (unpaired) electrons. The lowest BCUT2D eigenvalue weighted by molar-refractivity contribution is -0.908. The van der Waals surface area contributed by atoms with Gasteiger partial charge in [-0.2, -0.15) is 0 Å². The summed E-state index contributed by atoms with van der Waals surface area (Å²) in [4.78, 5) is 16.8. The second-order valence-corrected chi connectivity index (χ2v) is 8.59. The van der Waals surface area contributed by atoms with Crippen LogP contribution < -0.4 is 24.7 Å². The highest BCUT2D eigenvalue weighted by molar-refractivity contribution is 7.71. The number of benzene rings is 2. The highest BCUT2D eigenvalue weighted by Crippen LogP contribution is 2.48. The van der Waals surface area contributed by atoms with Crippen LogP contribution in [0.5, 0.6) is 23.1 Å². The van der Waals surface area contributed by atoms with Gasteiger partial charge in [-0.1, -0.05) is 12.1 Å². The van der Waals surface area contributed by atoms with Crippen LogP contribution in [0.3, 0.4) is 0 Å². The Labute approximate surface area is 193 Å². The molecule has 172 valence electrons. The van der Waals surface area contributed by atoms with Gasteiger partial charge in [0.25, 0.3) is 5.56 Å². The molecule has 5 rings (SSSR count). The molecule has 1 unspecified atom stereocenters. The number of likely N-dealkylation sites (N-methyl/N-ethyl adjacent to an activating group) is 1. The molecule has 2 aliphatic rings. The predicted molar refractivity (Wildman–Crippen MR) is 119 cm³/mol. The number of rotatable bonds is 4. The summed E-state index contributed by atoms with van der Waals surface area (Å²) in [5, 5.41) is 11.3. The van der Waals surface area contributed by atoms with Crippen molar-refractivity contribution in [2.75, 3.05) is 27.5 Å². The molecule has 2 atom stereocenters. The molecule has 1 aromatic heterocycles. The number of hydrogen-bond acceptors (Lipinski definition) is 6. The number of nitrogens with one attached hydrogen (secondary N) is 2. The number of methoxy groups -OCH3 is 1. The number of halogens is 1. The molecule has 2 aromatic carbocycles. The molecule has 0 amide bonds. The number of aromatic nitrogens is 2. The summed E-state index contributed by atoms with van der Waals surface area (Å²) >= 11 is 5.34. The van der Waals surface area contributed by atoms with Gasteiger partial charge in [0, 0.05) is 6.42 Å². The summed E-state index contributed by atoms with van der Waals surface area (Å²) in [6.07, 6.45) is 0.748. The van der Waals surface area contributed by atoms with Crippen molar-refractivity contribution in [2.45, 2.75) is 19.0 Å². The van der Waals surface area contributed by atoms with E-state index in [0.717, 1.165) is 34.6 Å². The number of nitrogens with zero attached hydrogens (tertiary/aromatic N) is 1. The lowest BCUT2D eigenvalue weighted by Crippen LogP contribution is -3.10. The van der Waals surface area contributed by atoms with Crippen molar-refractivity contribution in [1.29, 1.82) is 0 Å². The fourth-order valence-electron chi connectivity index (χ4n) is 4.67. The van der Waals surface area contributed by atoms with Gasteiger partial charge in [0.15, 0.2) is 22.3 Å². The van der Waals surface area contributed by atoms with Crippen molar-refractivity contribution in [2.24, 2.45) is 0 Å². The Kier molecular flexibility index (Phi) is 5.34. The highest BCUT2D eigenvalue weighted by Gasteiger charge is 2.40. The Hall–Kier alpha value is -3.37. The van der Waals surface area contributed by atoms with Crippen molar-refractivity contribution < 1.29 is 28.6 Å². The quantitative estimate of drug-likeness (QED) is 0.501.